The second-order valence-electron chi connectivity index (χ2n) is 5.57. The number of carboxylic acids is 1. The Kier molecular flexibility index (Phi) is 12.6. The molecule has 1 heterocycles. The van der Waals surface area contributed by atoms with Crippen LogP contribution in [0.5, 0.6) is 0 Å². The average molecular weight is 420 g/mol. The quantitative estimate of drug-likeness (QED) is 0.144. The van der Waals surface area contributed by atoms with Gasteiger partial charge in [0.15, 0.2) is 5.82 Å². The Hall–Kier alpha value is -2.39. The molecule has 0 bridgehead atoms. The van der Waals surface area contributed by atoms with Gasteiger partial charge in [0.25, 0.3) is 0 Å². The number of rotatable bonds is 11. The lowest BCUT2D eigenvalue weighted by Crippen LogP contribution is -2.42. The molecule has 0 saturated heterocycles. The number of aliphatic hydroxyl groups excluding tert-OH is 1. The van der Waals surface area contributed by atoms with Gasteiger partial charge in [-0.25, -0.2) is 9.44 Å². The predicted octanol–water partition coefficient (Wildman–Crippen LogP) is -1.95. The van der Waals surface area contributed by atoms with Gasteiger partial charge in [0, 0.05) is 44.4 Å². The molecule has 0 radical (unpaired) electrons. The lowest BCUT2D eigenvalue weighted by atomic mass is 10.2. The second kappa shape index (κ2) is 13.7. The molecule has 0 aliphatic rings. The highest BCUT2D eigenvalue weighted by Gasteiger charge is 2.22. The van der Waals surface area contributed by atoms with E-state index in [4.69, 9.17) is 21.1 Å². The van der Waals surface area contributed by atoms with E-state index in [2.05, 4.69) is 30.6 Å². The first-order valence-corrected chi connectivity index (χ1v) is 8.91. The molecule has 160 valence electrons. The maximum atomic E-state index is 10.9. The van der Waals surface area contributed by atoms with Crippen molar-refractivity contribution in [3.8, 4) is 0 Å². The minimum absolute atomic E-state index is 0.186. The van der Waals surface area contributed by atoms with Gasteiger partial charge < -0.3 is 37.3 Å². The van der Waals surface area contributed by atoms with Crippen molar-refractivity contribution in [2.24, 2.45) is 17.2 Å². The van der Waals surface area contributed by atoms with Crippen LogP contribution < -0.4 is 32.0 Å². The van der Waals surface area contributed by atoms with E-state index >= 15 is 0 Å². The van der Waals surface area contributed by atoms with Gasteiger partial charge in [-0.3, -0.25) is 9.59 Å². The summed E-state index contributed by atoms with van der Waals surface area (Å²) in [6, 6.07) is -1.60. The van der Waals surface area contributed by atoms with Crippen LogP contribution in [0, 0.1) is 0 Å². The summed E-state index contributed by atoms with van der Waals surface area (Å²) in [6.45, 7) is 2.87. The summed E-state index contributed by atoms with van der Waals surface area (Å²) in [4.78, 5) is 24.2. The molecule has 0 spiro atoms. The van der Waals surface area contributed by atoms with Crippen LogP contribution in [0.2, 0.25) is 0 Å². The minimum Gasteiger partial charge on any atom is -0.480 e. The normalized spacial score (nSPS) is 14.4. The Morgan fingerprint density at radius 2 is 2.00 bits per heavy atom. The van der Waals surface area contributed by atoms with Crippen molar-refractivity contribution in [3.63, 3.8) is 0 Å². The van der Waals surface area contributed by atoms with Crippen LogP contribution in [0.3, 0.4) is 0 Å². The molecule has 13 nitrogen and oxygen atoms in total. The number of aliphatic carboxylic acids is 1. The van der Waals surface area contributed by atoms with E-state index in [1.807, 2.05) is 0 Å². The third-order valence-electron chi connectivity index (χ3n) is 2.83. The fraction of sp³-hybridized carbons (Fsp3) is 0.571. The SMILES string of the molecule is CC(N)=O.CN/C=C(\N)CC(N)c1noc(CNSNC(C(=O)O)C(C)O)n1. The Labute approximate surface area is 166 Å². The molecule has 0 fully saturated rings. The van der Waals surface area contributed by atoms with Crippen LogP contribution in [-0.2, 0) is 16.1 Å². The molecule has 14 heteroatoms. The van der Waals surface area contributed by atoms with Gasteiger partial charge in [0.2, 0.25) is 11.8 Å². The number of nitrogens with zero attached hydrogens (tertiary/aromatic N) is 2. The molecule has 3 unspecified atom stereocenters. The third-order valence-corrected chi connectivity index (χ3v) is 3.49. The zero-order chi connectivity index (χ0) is 21.7. The number of primary amides is 1. The molecule has 0 aliphatic heterocycles. The van der Waals surface area contributed by atoms with Gasteiger partial charge in [0.1, 0.15) is 6.04 Å². The van der Waals surface area contributed by atoms with Crippen molar-refractivity contribution in [2.75, 3.05) is 7.05 Å². The van der Waals surface area contributed by atoms with E-state index in [0.717, 1.165) is 12.1 Å². The summed E-state index contributed by atoms with van der Waals surface area (Å²) in [5.41, 5.74) is 16.7. The van der Waals surface area contributed by atoms with E-state index < -0.39 is 24.2 Å². The highest BCUT2D eigenvalue weighted by atomic mass is 32.2. The summed E-state index contributed by atoms with van der Waals surface area (Å²) >= 11 is 0.911. The lowest BCUT2D eigenvalue weighted by molar-refractivity contribution is -0.141. The monoisotopic (exact) mass is 420 g/mol. The number of aromatic nitrogens is 2. The Bertz CT molecular complexity index is 635. The van der Waals surface area contributed by atoms with Gasteiger partial charge in [0.05, 0.1) is 18.7 Å². The molecule has 1 aromatic heterocycles. The number of hydrogen-bond acceptors (Lipinski definition) is 12. The van der Waals surface area contributed by atoms with Crippen molar-refractivity contribution in [1.29, 1.82) is 0 Å². The smallest absolute Gasteiger partial charge is 0.324 e. The summed E-state index contributed by atoms with van der Waals surface area (Å²) in [5.74, 6) is -0.878. The molecular weight excluding hydrogens is 392 g/mol. The van der Waals surface area contributed by atoms with Gasteiger partial charge in [-0.05, 0) is 6.92 Å². The first-order valence-electron chi connectivity index (χ1n) is 8.09. The molecule has 0 aromatic carbocycles. The van der Waals surface area contributed by atoms with Crippen molar-refractivity contribution in [1.82, 2.24) is 24.9 Å². The van der Waals surface area contributed by atoms with E-state index in [0.29, 0.717) is 17.9 Å². The number of aliphatic hydroxyl groups is 1. The van der Waals surface area contributed by atoms with Crippen molar-refractivity contribution in [3.05, 3.63) is 23.6 Å². The molecule has 1 aromatic rings. The topological polar surface area (TPSA) is 228 Å². The largest absolute Gasteiger partial charge is 0.480 e. The minimum atomic E-state index is -1.16. The standard InChI is InChI=1S/C12H23N7O4S.C2H5NO/c1-6(20)10(12(21)22)19-24-16-5-9-17-11(18-23-9)8(14)3-7(13)4-15-2;1-2(3)4/h4,6,8,10,15-16,19-20H,3,5,13-14H2,1-2H3,(H,21,22);1H3,(H2,3,4)/b7-4-;. The van der Waals surface area contributed by atoms with Crippen molar-refractivity contribution in [2.45, 2.75) is 45.0 Å². The zero-order valence-electron chi connectivity index (χ0n) is 15.9. The van der Waals surface area contributed by atoms with Crippen LogP contribution in [0.25, 0.3) is 0 Å². The highest BCUT2D eigenvalue weighted by Crippen LogP contribution is 2.13. The fourth-order valence-electron chi connectivity index (χ4n) is 1.64. The summed E-state index contributed by atoms with van der Waals surface area (Å²) < 4.78 is 10.4. The van der Waals surface area contributed by atoms with Crippen LogP contribution in [0.1, 0.15) is 38.0 Å². The fourth-order valence-corrected chi connectivity index (χ4v) is 2.34. The predicted molar refractivity (Wildman–Crippen MR) is 103 cm³/mol. The highest BCUT2D eigenvalue weighted by molar-refractivity contribution is 7.95. The van der Waals surface area contributed by atoms with Crippen LogP contribution in [0.4, 0.5) is 0 Å². The Morgan fingerprint density at radius 1 is 1.39 bits per heavy atom. The Morgan fingerprint density at radius 3 is 2.50 bits per heavy atom. The number of hydrogen-bond donors (Lipinski definition) is 8. The first-order chi connectivity index (χ1) is 13.1. The molecule has 1 amide bonds. The molecule has 28 heavy (non-hydrogen) atoms. The van der Waals surface area contributed by atoms with Crippen LogP contribution in [0.15, 0.2) is 16.4 Å². The molecule has 3 atom stereocenters. The second-order valence-corrected chi connectivity index (χ2v) is 6.30. The summed E-state index contributed by atoms with van der Waals surface area (Å²) in [6.07, 6.45) is 0.963. The number of nitrogens with one attached hydrogen (secondary N) is 3. The van der Waals surface area contributed by atoms with E-state index in [-0.39, 0.29) is 18.3 Å². The zero-order valence-corrected chi connectivity index (χ0v) is 16.7. The number of carboxylic acid groups (broad SMARTS) is 1. The Balaban J connectivity index is 0.00000165. The molecular formula is C14H28N8O5S. The maximum absolute atomic E-state index is 10.9. The lowest BCUT2D eigenvalue weighted by Gasteiger charge is -2.15. The third kappa shape index (κ3) is 11.3. The van der Waals surface area contributed by atoms with Crippen molar-refractivity contribution >= 4 is 24.0 Å². The van der Waals surface area contributed by atoms with Gasteiger partial charge >= 0.3 is 5.97 Å². The molecule has 0 saturated carbocycles. The van der Waals surface area contributed by atoms with E-state index in [1.54, 1.807) is 13.2 Å². The number of amides is 1. The average Bonchev–Trinajstić information content (AvgIpc) is 3.02. The molecule has 0 aliphatic carbocycles. The maximum Gasteiger partial charge on any atom is 0.324 e. The number of nitrogens with two attached hydrogens (primary N) is 3. The van der Waals surface area contributed by atoms with Gasteiger partial charge in [-0.15, -0.1) is 0 Å². The van der Waals surface area contributed by atoms with Crippen LogP contribution in [-0.4, -0.2) is 51.4 Å². The summed E-state index contributed by atoms with van der Waals surface area (Å²) in [5, 5.41) is 24.8. The van der Waals surface area contributed by atoms with Gasteiger partial charge in [-0.1, -0.05) is 5.16 Å². The van der Waals surface area contributed by atoms with E-state index in [9.17, 15) is 14.7 Å². The number of carbonyl (C=O) groups excluding carboxylic acids is 1. The molecule has 1 rings (SSSR count). The van der Waals surface area contributed by atoms with Gasteiger partial charge in [-0.2, -0.15) is 4.98 Å². The number of carbonyl (C=O) groups is 2. The first kappa shape index (κ1) is 25.6. The summed E-state index contributed by atoms with van der Waals surface area (Å²) in [7, 11) is 1.73. The van der Waals surface area contributed by atoms with Crippen molar-refractivity contribution < 1.29 is 24.3 Å². The van der Waals surface area contributed by atoms with Crippen LogP contribution >= 0.6 is 12.1 Å². The van der Waals surface area contributed by atoms with E-state index in [1.165, 1.54) is 13.8 Å². The molecule has 11 N–H and O–H groups in total.